The first-order valence-electron chi connectivity index (χ1n) is 8.28. The van der Waals surface area contributed by atoms with Crippen LogP contribution in [0.1, 0.15) is 69.0 Å². The Labute approximate surface area is 123 Å². The molecular formula is C18H28N2. The first kappa shape index (κ1) is 14.1. The summed E-state index contributed by atoms with van der Waals surface area (Å²) in [6.45, 7) is 5.77. The SMILES string of the molecule is CC1CCC(N2CCCCC2C(C)N)c2ccccc21. The van der Waals surface area contributed by atoms with E-state index >= 15 is 0 Å². The first-order chi connectivity index (χ1) is 9.68. The molecule has 4 atom stereocenters. The Balaban J connectivity index is 1.92. The summed E-state index contributed by atoms with van der Waals surface area (Å²) in [4.78, 5) is 2.72. The lowest BCUT2D eigenvalue weighted by Gasteiger charge is -2.46. The highest BCUT2D eigenvalue weighted by Gasteiger charge is 2.35. The van der Waals surface area contributed by atoms with Gasteiger partial charge in [0, 0.05) is 18.1 Å². The molecule has 1 aliphatic carbocycles. The predicted octanol–water partition coefficient (Wildman–Crippen LogP) is 3.83. The molecule has 0 radical (unpaired) electrons. The minimum atomic E-state index is 0.279. The molecule has 1 saturated heterocycles. The fourth-order valence-corrected chi connectivity index (χ4v) is 4.26. The zero-order valence-corrected chi connectivity index (χ0v) is 12.9. The van der Waals surface area contributed by atoms with E-state index in [0.717, 1.165) is 0 Å². The molecule has 2 N–H and O–H groups in total. The van der Waals surface area contributed by atoms with Crippen LogP contribution in [-0.4, -0.2) is 23.5 Å². The van der Waals surface area contributed by atoms with Crippen LogP contribution in [0.2, 0.25) is 0 Å². The molecule has 0 spiro atoms. The third kappa shape index (κ3) is 2.51. The van der Waals surface area contributed by atoms with E-state index in [4.69, 9.17) is 5.73 Å². The number of fused-ring (bicyclic) bond motifs is 1. The summed E-state index contributed by atoms with van der Waals surface area (Å²) in [5.41, 5.74) is 9.41. The molecule has 0 bridgehead atoms. The molecule has 1 fully saturated rings. The quantitative estimate of drug-likeness (QED) is 0.886. The van der Waals surface area contributed by atoms with Gasteiger partial charge in [-0.1, -0.05) is 37.6 Å². The lowest BCUT2D eigenvalue weighted by atomic mass is 9.79. The molecule has 0 amide bonds. The molecule has 0 saturated carbocycles. The van der Waals surface area contributed by atoms with Crippen LogP contribution in [0.4, 0.5) is 0 Å². The minimum Gasteiger partial charge on any atom is -0.327 e. The van der Waals surface area contributed by atoms with Crippen LogP contribution in [0.25, 0.3) is 0 Å². The molecule has 1 aliphatic heterocycles. The molecule has 2 aliphatic rings. The summed E-state index contributed by atoms with van der Waals surface area (Å²) < 4.78 is 0. The minimum absolute atomic E-state index is 0.279. The molecule has 1 heterocycles. The van der Waals surface area contributed by atoms with Gasteiger partial charge in [0.05, 0.1) is 0 Å². The number of likely N-dealkylation sites (tertiary alicyclic amines) is 1. The van der Waals surface area contributed by atoms with Crippen molar-refractivity contribution in [3.8, 4) is 0 Å². The maximum Gasteiger partial charge on any atom is 0.0354 e. The normalized spacial score (nSPS) is 32.6. The second-order valence-corrected chi connectivity index (χ2v) is 6.78. The molecule has 0 aromatic heterocycles. The number of hydrogen-bond acceptors (Lipinski definition) is 2. The van der Waals surface area contributed by atoms with Gasteiger partial charge < -0.3 is 5.73 Å². The molecular weight excluding hydrogens is 244 g/mol. The van der Waals surface area contributed by atoms with Gasteiger partial charge in [-0.3, -0.25) is 4.90 Å². The van der Waals surface area contributed by atoms with Crippen LogP contribution in [-0.2, 0) is 0 Å². The lowest BCUT2D eigenvalue weighted by molar-refractivity contribution is 0.0699. The van der Waals surface area contributed by atoms with Crippen molar-refractivity contribution in [2.75, 3.05) is 6.54 Å². The summed E-state index contributed by atoms with van der Waals surface area (Å²) in [5.74, 6) is 0.709. The van der Waals surface area contributed by atoms with Crippen molar-refractivity contribution in [1.29, 1.82) is 0 Å². The van der Waals surface area contributed by atoms with Gasteiger partial charge in [-0.2, -0.15) is 0 Å². The maximum atomic E-state index is 6.27. The van der Waals surface area contributed by atoms with E-state index in [0.29, 0.717) is 18.0 Å². The van der Waals surface area contributed by atoms with E-state index in [1.807, 2.05) is 0 Å². The number of nitrogens with two attached hydrogens (primary N) is 1. The van der Waals surface area contributed by atoms with E-state index in [1.54, 1.807) is 11.1 Å². The van der Waals surface area contributed by atoms with Crippen molar-refractivity contribution >= 4 is 0 Å². The number of benzene rings is 1. The van der Waals surface area contributed by atoms with Gasteiger partial charge in [0.25, 0.3) is 0 Å². The van der Waals surface area contributed by atoms with Crippen LogP contribution < -0.4 is 5.73 Å². The highest BCUT2D eigenvalue weighted by molar-refractivity contribution is 5.35. The van der Waals surface area contributed by atoms with E-state index in [2.05, 4.69) is 43.0 Å². The van der Waals surface area contributed by atoms with Crippen LogP contribution in [0.3, 0.4) is 0 Å². The number of hydrogen-bond donors (Lipinski definition) is 1. The van der Waals surface area contributed by atoms with Crippen molar-refractivity contribution in [3.63, 3.8) is 0 Å². The standard InChI is InChI=1S/C18H28N2/c1-13-10-11-18(16-8-4-3-7-15(13)16)20-12-6-5-9-17(20)14(2)19/h3-4,7-8,13-14,17-18H,5-6,9-12,19H2,1-2H3. The van der Waals surface area contributed by atoms with E-state index in [-0.39, 0.29) is 6.04 Å². The van der Waals surface area contributed by atoms with Crippen LogP contribution >= 0.6 is 0 Å². The van der Waals surface area contributed by atoms with Crippen molar-refractivity contribution in [2.45, 2.75) is 70.0 Å². The van der Waals surface area contributed by atoms with Crippen molar-refractivity contribution in [2.24, 2.45) is 5.73 Å². The van der Waals surface area contributed by atoms with Crippen molar-refractivity contribution in [3.05, 3.63) is 35.4 Å². The van der Waals surface area contributed by atoms with Gasteiger partial charge in [0.2, 0.25) is 0 Å². The molecule has 2 nitrogen and oxygen atoms in total. The molecule has 4 unspecified atom stereocenters. The second-order valence-electron chi connectivity index (χ2n) is 6.78. The van der Waals surface area contributed by atoms with Gasteiger partial charge in [0.1, 0.15) is 0 Å². The number of piperidine rings is 1. The molecule has 20 heavy (non-hydrogen) atoms. The Hall–Kier alpha value is -0.860. The van der Waals surface area contributed by atoms with E-state index in [9.17, 15) is 0 Å². The summed E-state index contributed by atoms with van der Waals surface area (Å²) in [5, 5.41) is 0. The Morgan fingerprint density at radius 1 is 1.10 bits per heavy atom. The van der Waals surface area contributed by atoms with Gasteiger partial charge in [0.15, 0.2) is 0 Å². The van der Waals surface area contributed by atoms with Crippen molar-refractivity contribution < 1.29 is 0 Å². The summed E-state index contributed by atoms with van der Waals surface area (Å²) >= 11 is 0. The van der Waals surface area contributed by atoms with Crippen molar-refractivity contribution in [1.82, 2.24) is 4.90 Å². The molecule has 3 rings (SSSR count). The molecule has 1 aromatic rings. The van der Waals surface area contributed by atoms with Gasteiger partial charge in [-0.05, 0) is 56.2 Å². The molecule has 2 heteroatoms. The largest absolute Gasteiger partial charge is 0.327 e. The van der Waals surface area contributed by atoms with Gasteiger partial charge in [-0.15, -0.1) is 0 Å². The zero-order chi connectivity index (χ0) is 14.1. The van der Waals surface area contributed by atoms with Crippen LogP contribution in [0.15, 0.2) is 24.3 Å². The Bertz CT molecular complexity index is 454. The highest BCUT2D eigenvalue weighted by Crippen LogP contribution is 2.42. The average Bonchev–Trinajstić information content (AvgIpc) is 2.48. The first-order valence-corrected chi connectivity index (χ1v) is 8.28. The summed E-state index contributed by atoms with van der Waals surface area (Å²) in [6.07, 6.45) is 6.54. The fraction of sp³-hybridized carbons (Fsp3) is 0.667. The Morgan fingerprint density at radius 3 is 2.60 bits per heavy atom. The highest BCUT2D eigenvalue weighted by atomic mass is 15.2. The Morgan fingerprint density at radius 2 is 1.85 bits per heavy atom. The molecule has 110 valence electrons. The van der Waals surface area contributed by atoms with Gasteiger partial charge >= 0.3 is 0 Å². The predicted molar refractivity (Wildman–Crippen MR) is 84.8 cm³/mol. The zero-order valence-electron chi connectivity index (χ0n) is 12.9. The smallest absolute Gasteiger partial charge is 0.0354 e. The van der Waals surface area contributed by atoms with Crippen LogP contribution in [0.5, 0.6) is 0 Å². The maximum absolute atomic E-state index is 6.27. The molecule has 1 aromatic carbocycles. The monoisotopic (exact) mass is 272 g/mol. The number of nitrogens with zero attached hydrogens (tertiary/aromatic N) is 1. The van der Waals surface area contributed by atoms with Gasteiger partial charge in [-0.25, -0.2) is 0 Å². The fourth-order valence-electron chi connectivity index (χ4n) is 4.26. The summed E-state index contributed by atoms with van der Waals surface area (Å²) in [6, 6.07) is 10.5. The van der Waals surface area contributed by atoms with Crippen LogP contribution in [0, 0.1) is 0 Å². The Kier molecular flexibility index (Phi) is 4.13. The van der Waals surface area contributed by atoms with E-state index < -0.39 is 0 Å². The second kappa shape index (κ2) is 5.87. The van der Waals surface area contributed by atoms with E-state index in [1.165, 1.54) is 38.6 Å². The lowest BCUT2D eigenvalue weighted by Crippen LogP contribution is -2.51. The number of rotatable bonds is 2. The topological polar surface area (TPSA) is 29.3 Å². The third-order valence-electron chi connectivity index (χ3n) is 5.36. The summed E-state index contributed by atoms with van der Waals surface area (Å²) in [7, 11) is 0. The third-order valence-corrected chi connectivity index (χ3v) is 5.36. The average molecular weight is 272 g/mol.